The number of hydrogen-bond donors (Lipinski definition) is 0. The second kappa shape index (κ2) is 5.63. The smallest absolute Gasteiger partial charge is 0.410 e. The monoisotopic (exact) mass is 250 g/mol. The minimum Gasteiger partial charge on any atom is -0.445 e. The Morgan fingerprint density at radius 2 is 2.65 bits per heavy atom. The Hall–Kier alpha value is -1.62. The molecule has 1 aliphatic rings. The van der Waals surface area contributed by atoms with Crippen molar-refractivity contribution < 1.29 is 9.53 Å². The van der Waals surface area contributed by atoms with Crippen molar-refractivity contribution in [2.45, 2.75) is 12.5 Å². The van der Waals surface area contributed by atoms with Crippen molar-refractivity contribution >= 4 is 17.4 Å². The average Bonchev–Trinajstić information content (AvgIpc) is 2.89. The lowest BCUT2D eigenvalue weighted by molar-refractivity contribution is 0.100. The van der Waals surface area contributed by atoms with Crippen molar-refractivity contribution in [3.8, 4) is 0 Å². The summed E-state index contributed by atoms with van der Waals surface area (Å²) in [6.07, 6.45) is 6.17. The third-order valence-corrected chi connectivity index (χ3v) is 3.11. The maximum Gasteiger partial charge on any atom is 0.410 e. The van der Waals surface area contributed by atoms with Gasteiger partial charge in [0, 0.05) is 11.9 Å². The van der Waals surface area contributed by atoms with Crippen LogP contribution >= 0.6 is 11.3 Å². The predicted molar refractivity (Wildman–Crippen MR) is 66.9 cm³/mol. The number of carbonyl (C=O) groups is 1. The summed E-state index contributed by atoms with van der Waals surface area (Å²) in [4.78, 5) is 17.8. The number of nitrogens with zero attached hydrogens (tertiary/aromatic N) is 2. The number of carbonyl (C=O) groups excluding carboxylic acids is 1. The van der Waals surface area contributed by atoms with Gasteiger partial charge in [-0.3, -0.25) is 4.90 Å². The Bertz CT molecular complexity index is 414. The average molecular weight is 250 g/mol. The molecule has 0 spiro atoms. The van der Waals surface area contributed by atoms with Crippen LogP contribution in [0, 0.1) is 0 Å². The Morgan fingerprint density at radius 1 is 1.76 bits per heavy atom. The molecule has 0 N–H and O–H groups in total. The second-order valence-electron chi connectivity index (χ2n) is 3.63. The first-order valence-electron chi connectivity index (χ1n) is 5.42. The SMILES string of the molecule is C=CCOC(=O)N1CCC=CC1c1cscn1. The normalized spacial score (nSPS) is 19.1. The van der Waals surface area contributed by atoms with Crippen LogP contribution in [0.15, 0.2) is 35.7 Å². The van der Waals surface area contributed by atoms with E-state index >= 15 is 0 Å². The van der Waals surface area contributed by atoms with E-state index in [2.05, 4.69) is 17.6 Å². The standard InChI is InChI=1S/C12H14N2O2S/c1-2-7-16-12(15)14-6-4-3-5-11(14)10-8-17-9-13-10/h2-3,5,8-9,11H,1,4,6-7H2. The molecule has 0 saturated carbocycles. The Balaban J connectivity index is 2.11. The Labute approximate surface area is 104 Å². The van der Waals surface area contributed by atoms with Gasteiger partial charge < -0.3 is 4.74 Å². The molecule has 17 heavy (non-hydrogen) atoms. The highest BCUT2D eigenvalue weighted by Crippen LogP contribution is 2.26. The number of amides is 1. The molecule has 2 rings (SSSR count). The number of thiazole rings is 1. The van der Waals surface area contributed by atoms with Crippen LogP contribution in [0.4, 0.5) is 4.79 Å². The van der Waals surface area contributed by atoms with E-state index in [1.165, 1.54) is 11.3 Å². The van der Waals surface area contributed by atoms with Crippen LogP contribution in [0.25, 0.3) is 0 Å². The Morgan fingerprint density at radius 3 is 3.35 bits per heavy atom. The molecule has 0 saturated heterocycles. The fourth-order valence-corrected chi connectivity index (χ4v) is 2.31. The van der Waals surface area contributed by atoms with Crippen LogP contribution in [-0.4, -0.2) is 29.1 Å². The maximum atomic E-state index is 11.9. The summed E-state index contributed by atoms with van der Waals surface area (Å²) in [5.74, 6) is 0. The molecule has 1 unspecified atom stereocenters. The van der Waals surface area contributed by atoms with Gasteiger partial charge in [-0.2, -0.15) is 0 Å². The molecule has 0 aliphatic carbocycles. The van der Waals surface area contributed by atoms with Crippen LogP contribution in [-0.2, 0) is 4.74 Å². The number of hydrogen-bond acceptors (Lipinski definition) is 4. The van der Waals surface area contributed by atoms with Gasteiger partial charge in [0.15, 0.2) is 0 Å². The van der Waals surface area contributed by atoms with E-state index < -0.39 is 0 Å². The lowest BCUT2D eigenvalue weighted by Crippen LogP contribution is -2.37. The molecule has 90 valence electrons. The zero-order valence-electron chi connectivity index (χ0n) is 9.41. The molecule has 1 aliphatic heterocycles. The fourth-order valence-electron chi connectivity index (χ4n) is 1.73. The Kier molecular flexibility index (Phi) is 3.93. The molecule has 5 heteroatoms. The van der Waals surface area contributed by atoms with Gasteiger partial charge in [-0.05, 0) is 6.42 Å². The molecular weight excluding hydrogens is 236 g/mol. The first-order valence-corrected chi connectivity index (χ1v) is 6.36. The van der Waals surface area contributed by atoms with Gasteiger partial charge in [0.25, 0.3) is 0 Å². The molecular formula is C12H14N2O2S. The number of rotatable bonds is 3. The molecule has 0 radical (unpaired) electrons. The van der Waals surface area contributed by atoms with Crippen LogP contribution in [0.5, 0.6) is 0 Å². The lowest BCUT2D eigenvalue weighted by atomic mass is 10.1. The fraction of sp³-hybridized carbons (Fsp3) is 0.333. The van der Waals surface area contributed by atoms with E-state index in [9.17, 15) is 4.79 Å². The van der Waals surface area contributed by atoms with Crippen molar-refractivity contribution in [3.63, 3.8) is 0 Å². The van der Waals surface area contributed by atoms with E-state index in [-0.39, 0.29) is 18.7 Å². The van der Waals surface area contributed by atoms with Gasteiger partial charge in [-0.15, -0.1) is 11.3 Å². The van der Waals surface area contributed by atoms with Gasteiger partial charge in [0.2, 0.25) is 0 Å². The van der Waals surface area contributed by atoms with Gasteiger partial charge in [0.05, 0.1) is 17.2 Å². The van der Waals surface area contributed by atoms with E-state index in [1.54, 1.807) is 16.5 Å². The predicted octanol–water partition coefficient (Wildman–Crippen LogP) is 2.77. The van der Waals surface area contributed by atoms with Crippen molar-refractivity contribution in [1.82, 2.24) is 9.88 Å². The van der Waals surface area contributed by atoms with E-state index in [0.29, 0.717) is 6.54 Å². The quantitative estimate of drug-likeness (QED) is 0.775. The summed E-state index contributed by atoms with van der Waals surface area (Å²) in [7, 11) is 0. The molecule has 1 amide bonds. The van der Waals surface area contributed by atoms with Crippen LogP contribution in [0.2, 0.25) is 0 Å². The lowest BCUT2D eigenvalue weighted by Gasteiger charge is -2.30. The summed E-state index contributed by atoms with van der Waals surface area (Å²) >= 11 is 1.52. The summed E-state index contributed by atoms with van der Waals surface area (Å²) in [5.41, 5.74) is 2.66. The summed E-state index contributed by atoms with van der Waals surface area (Å²) in [6, 6.07) is -0.104. The summed E-state index contributed by atoms with van der Waals surface area (Å²) in [6.45, 7) is 4.43. The largest absolute Gasteiger partial charge is 0.445 e. The van der Waals surface area contributed by atoms with Gasteiger partial charge in [0.1, 0.15) is 6.61 Å². The molecule has 1 aromatic rings. The van der Waals surface area contributed by atoms with Crippen molar-refractivity contribution in [2.24, 2.45) is 0 Å². The summed E-state index contributed by atoms with van der Waals surface area (Å²) < 4.78 is 5.07. The molecule has 0 aromatic carbocycles. The zero-order valence-corrected chi connectivity index (χ0v) is 10.2. The van der Waals surface area contributed by atoms with Crippen molar-refractivity contribution in [2.75, 3.05) is 13.2 Å². The van der Waals surface area contributed by atoms with Gasteiger partial charge in [-0.1, -0.05) is 24.8 Å². The molecule has 1 aromatic heterocycles. The highest BCUT2D eigenvalue weighted by molar-refractivity contribution is 7.07. The van der Waals surface area contributed by atoms with Crippen molar-refractivity contribution in [3.05, 3.63) is 41.4 Å². The first-order chi connectivity index (χ1) is 8.33. The van der Waals surface area contributed by atoms with Crippen LogP contribution in [0.3, 0.4) is 0 Å². The van der Waals surface area contributed by atoms with E-state index in [4.69, 9.17) is 4.74 Å². The molecule has 2 heterocycles. The summed E-state index contributed by atoms with van der Waals surface area (Å²) in [5, 5.41) is 1.95. The number of ether oxygens (including phenoxy) is 1. The van der Waals surface area contributed by atoms with Crippen LogP contribution in [0.1, 0.15) is 18.2 Å². The van der Waals surface area contributed by atoms with Gasteiger partial charge in [-0.25, -0.2) is 9.78 Å². The highest BCUT2D eigenvalue weighted by Gasteiger charge is 2.27. The first kappa shape index (κ1) is 11.9. The highest BCUT2D eigenvalue weighted by atomic mass is 32.1. The van der Waals surface area contributed by atoms with E-state index in [1.807, 2.05) is 11.5 Å². The minimum atomic E-state index is -0.313. The zero-order chi connectivity index (χ0) is 12.1. The third-order valence-electron chi connectivity index (χ3n) is 2.50. The third kappa shape index (κ3) is 2.74. The van der Waals surface area contributed by atoms with E-state index in [0.717, 1.165) is 12.1 Å². The maximum absolute atomic E-state index is 11.9. The molecule has 4 nitrogen and oxygen atoms in total. The topological polar surface area (TPSA) is 42.4 Å². The molecule has 0 bridgehead atoms. The molecule has 0 fully saturated rings. The molecule has 1 atom stereocenters. The van der Waals surface area contributed by atoms with Gasteiger partial charge >= 0.3 is 6.09 Å². The minimum absolute atomic E-state index is 0.104. The van der Waals surface area contributed by atoms with Crippen LogP contribution < -0.4 is 0 Å². The second-order valence-corrected chi connectivity index (χ2v) is 4.35. The number of aromatic nitrogens is 1. The van der Waals surface area contributed by atoms with Crippen molar-refractivity contribution in [1.29, 1.82) is 0 Å².